The molecule has 0 aliphatic heterocycles. The van der Waals surface area contributed by atoms with Gasteiger partial charge < -0.3 is 24.7 Å². The summed E-state index contributed by atoms with van der Waals surface area (Å²) < 4.78 is 10.5. The molecule has 0 aliphatic rings. The van der Waals surface area contributed by atoms with Crippen molar-refractivity contribution in [2.75, 3.05) is 12.4 Å². The van der Waals surface area contributed by atoms with Crippen LogP contribution in [0.4, 0.5) is 5.69 Å². The average Bonchev–Trinajstić information content (AvgIpc) is 2.84. The Hall–Kier alpha value is -4.92. The number of amides is 1. The van der Waals surface area contributed by atoms with Crippen LogP contribution in [0.3, 0.4) is 0 Å². The maximum Gasteiger partial charge on any atom is 0.371 e. The Labute approximate surface area is 191 Å². The molecule has 1 amide bonds. The van der Waals surface area contributed by atoms with Crippen molar-refractivity contribution in [3.05, 3.63) is 93.8 Å². The summed E-state index contributed by atoms with van der Waals surface area (Å²) in [6, 6.07) is 16.1. The average molecular weight is 459 g/mol. The van der Waals surface area contributed by atoms with Crippen molar-refractivity contribution in [3.63, 3.8) is 0 Å². The van der Waals surface area contributed by atoms with Gasteiger partial charge in [-0.15, -0.1) is 0 Å². The van der Waals surface area contributed by atoms with Crippen molar-refractivity contribution < 1.29 is 33.8 Å². The van der Waals surface area contributed by atoms with E-state index in [2.05, 4.69) is 5.32 Å². The van der Waals surface area contributed by atoms with E-state index in [4.69, 9.17) is 9.15 Å². The van der Waals surface area contributed by atoms with Crippen LogP contribution in [0.1, 0.15) is 31.3 Å². The highest BCUT2D eigenvalue weighted by atomic mass is 16.5. The second-order valence-corrected chi connectivity index (χ2v) is 7.25. The summed E-state index contributed by atoms with van der Waals surface area (Å²) in [6.07, 6.45) is 0. The summed E-state index contributed by atoms with van der Waals surface area (Å²) in [7, 11) is 1.49. The normalized spacial score (nSPS) is 10.6. The molecule has 0 radical (unpaired) electrons. The molecule has 9 nitrogen and oxygen atoms in total. The molecule has 4 aromatic rings. The number of fused-ring (bicyclic) bond motifs is 1. The van der Waals surface area contributed by atoms with E-state index in [9.17, 15) is 29.4 Å². The number of carboxylic acids is 2. The molecule has 3 N–H and O–H groups in total. The lowest BCUT2D eigenvalue weighted by atomic mass is 10.00. The van der Waals surface area contributed by atoms with E-state index in [1.54, 1.807) is 24.3 Å². The van der Waals surface area contributed by atoms with Crippen LogP contribution in [-0.4, -0.2) is 35.2 Å². The summed E-state index contributed by atoms with van der Waals surface area (Å²) in [4.78, 5) is 48.4. The highest BCUT2D eigenvalue weighted by Crippen LogP contribution is 2.31. The Balaban J connectivity index is 1.88. The van der Waals surface area contributed by atoms with E-state index in [1.807, 2.05) is 0 Å². The number of hydrogen-bond donors (Lipinski definition) is 3. The highest BCUT2D eigenvalue weighted by molar-refractivity contribution is 6.09. The SMILES string of the molecule is COc1ccc(C(=O)Nc2cc(-c3cccc(C(=O)O)c3)cc3c(=O)cc(C(=O)O)oc23)cc1. The summed E-state index contributed by atoms with van der Waals surface area (Å²) in [6.45, 7) is 0. The summed E-state index contributed by atoms with van der Waals surface area (Å²) in [5, 5.41) is 21.3. The van der Waals surface area contributed by atoms with Crippen LogP contribution >= 0.6 is 0 Å². The second kappa shape index (κ2) is 8.91. The van der Waals surface area contributed by atoms with Crippen LogP contribution < -0.4 is 15.5 Å². The Morgan fingerprint density at radius 3 is 2.24 bits per heavy atom. The monoisotopic (exact) mass is 459 g/mol. The number of hydrogen-bond acceptors (Lipinski definition) is 6. The third-order valence-corrected chi connectivity index (χ3v) is 5.08. The fourth-order valence-corrected chi connectivity index (χ4v) is 3.39. The van der Waals surface area contributed by atoms with E-state index in [1.165, 1.54) is 43.5 Å². The molecule has 0 aliphatic carbocycles. The number of benzene rings is 3. The van der Waals surface area contributed by atoms with Crippen molar-refractivity contribution in [2.45, 2.75) is 0 Å². The molecule has 0 unspecified atom stereocenters. The lowest BCUT2D eigenvalue weighted by molar-refractivity contribution is 0.0660. The van der Waals surface area contributed by atoms with E-state index in [-0.39, 0.29) is 27.8 Å². The lowest BCUT2D eigenvalue weighted by Gasteiger charge is -2.12. The van der Waals surface area contributed by atoms with Crippen LogP contribution in [-0.2, 0) is 0 Å². The lowest BCUT2D eigenvalue weighted by Crippen LogP contribution is -2.14. The van der Waals surface area contributed by atoms with Crippen molar-refractivity contribution in [3.8, 4) is 16.9 Å². The fourth-order valence-electron chi connectivity index (χ4n) is 3.39. The Morgan fingerprint density at radius 1 is 0.853 bits per heavy atom. The van der Waals surface area contributed by atoms with Crippen LogP contribution in [0.5, 0.6) is 5.75 Å². The van der Waals surface area contributed by atoms with Gasteiger partial charge in [-0.3, -0.25) is 9.59 Å². The van der Waals surface area contributed by atoms with Crippen LogP contribution in [0.15, 0.2) is 75.9 Å². The van der Waals surface area contributed by atoms with Gasteiger partial charge in [0.1, 0.15) is 5.75 Å². The molecule has 0 saturated carbocycles. The van der Waals surface area contributed by atoms with E-state index in [0.717, 1.165) is 6.07 Å². The predicted octanol–water partition coefficient (Wildman–Crippen LogP) is 4.12. The van der Waals surface area contributed by atoms with Gasteiger partial charge >= 0.3 is 11.9 Å². The molecule has 0 bridgehead atoms. The largest absolute Gasteiger partial charge is 0.497 e. The first-order valence-electron chi connectivity index (χ1n) is 9.91. The third kappa shape index (κ3) is 4.35. The maximum absolute atomic E-state index is 12.9. The summed E-state index contributed by atoms with van der Waals surface area (Å²) in [5.74, 6) is -3.13. The molecule has 1 heterocycles. The number of carboxylic acid groups (broad SMARTS) is 2. The zero-order valence-corrected chi connectivity index (χ0v) is 17.7. The first-order chi connectivity index (χ1) is 16.3. The van der Waals surface area contributed by atoms with Crippen LogP contribution in [0.25, 0.3) is 22.1 Å². The minimum Gasteiger partial charge on any atom is -0.497 e. The van der Waals surface area contributed by atoms with Crippen LogP contribution in [0, 0.1) is 0 Å². The van der Waals surface area contributed by atoms with Crippen molar-refractivity contribution in [1.82, 2.24) is 0 Å². The molecule has 34 heavy (non-hydrogen) atoms. The smallest absolute Gasteiger partial charge is 0.371 e. The maximum atomic E-state index is 12.9. The molecule has 0 atom stereocenters. The number of methoxy groups -OCH3 is 1. The van der Waals surface area contributed by atoms with E-state index >= 15 is 0 Å². The first kappa shape index (κ1) is 22.3. The quantitative estimate of drug-likeness (QED) is 0.391. The zero-order valence-electron chi connectivity index (χ0n) is 17.7. The van der Waals surface area contributed by atoms with Gasteiger partial charge in [-0.2, -0.15) is 0 Å². The Morgan fingerprint density at radius 2 is 1.59 bits per heavy atom. The number of rotatable bonds is 6. The number of nitrogens with one attached hydrogen (secondary N) is 1. The highest BCUT2D eigenvalue weighted by Gasteiger charge is 2.18. The molecule has 0 spiro atoms. The molecule has 3 aromatic carbocycles. The van der Waals surface area contributed by atoms with E-state index < -0.39 is 29.0 Å². The minimum absolute atomic E-state index is 0.0215. The first-order valence-corrected chi connectivity index (χ1v) is 9.91. The van der Waals surface area contributed by atoms with Crippen molar-refractivity contribution in [1.29, 1.82) is 0 Å². The summed E-state index contributed by atoms with van der Waals surface area (Å²) >= 11 is 0. The van der Waals surface area contributed by atoms with Crippen LogP contribution in [0.2, 0.25) is 0 Å². The van der Waals surface area contributed by atoms with Crippen molar-refractivity contribution >= 4 is 34.5 Å². The molecule has 170 valence electrons. The summed E-state index contributed by atoms with van der Waals surface area (Å²) in [5.41, 5.74) is 0.520. The van der Waals surface area contributed by atoms with Gasteiger partial charge in [0.05, 0.1) is 23.7 Å². The number of aromatic carboxylic acids is 2. The molecule has 0 saturated heterocycles. The number of anilines is 1. The standard InChI is InChI=1S/C25H17NO8/c1-33-17-7-5-13(6-8-17)23(28)26-19-11-16(14-3-2-4-15(9-14)24(29)30)10-18-20(27)12-21(25(31)32)34-22(18)19/h2-12H,1H3,(H,26,28)(H,29,30)(H,31,32). The minimum atomic E-state index is -1.44. The number of carbonyl (C=O) groups excluding carboxylic acids is 1. The third-order valence-electron chi connectivity index (χ3n) is 5.08. The molecule has 9 heteroatoms. The van der Waals surface area contributed by atoms with Gasteiger partial charge in [-0.1, -0.05) is 12.1 Å². The fraction of sp³-hybridized carbons (Fsp3) is 0.0400. The molecule has 0 fully saturated rings. The second-order valence-electron chi connectivity index (χ2n) is 7.25. The van der Waals surface area contributed by atoms with Gasteiger partial charge in [0.25, 0.3) is 5.91 Å². The Bertz CT molecular complexity index is 1500. The van der Waals surface area contributed by atoms with Crippen molar-refractivity contribution in [2.24, 2.45) is 0 Å². The molecular formula is C25H17NO8. The van der Waals surface area contributed by atoms with Gasteiger partial charge in [0, 0.05) is 11.6 Å². The predicted molar refractivity (Wildman–Crippen MR) is 123 cm³/mol. The van der Waals surface area contributed by atoms with E-state index in [0.29, 0.717) is 16.9 Å². The number of ether oxygens (including phenoxy) is 1. The molecule has 4 rings (SSSR count). The van der Waals surface area contributed by atoms with Gasteiger partial charge in [-0.05, 0) is 59.7 Å². The molecular weight excluding hydrogens is 442 g/mol. The Kier molecular flexibility index (Phi) is 5.84. The van der Waals surface area contributed by atoms with Gasteiger partial charge in [0.2, 0.25) is 5.76 Å². The molecule has 1 aromatic heterocycles. The van der Waals surface area contributed by atoms with Gasteiger partial charge in [0.15, 0.2) is 11.0 Å². The zero-order chi connectivity index (χ0) is 24.4. The topological polar surface area (TPSA) is 143 Å². The van der Waals surface area contributed by atoms with Gasteiger partial charge in [-0.25, -0.2) is 9.59 Å². The number of carbonyl (C=O) groups is 3.